The van der Waals surface area contributed by atoms with Gasteiger partial charge in [0, 0.05) is 68.5 Å². The van der Waals surface area contributed by atoms with Crippen LogP contribution in [0.2, 0.25) is 0 Å². The third-order valence-electron chi connectivity index (χ3n) is 6.85. The number of nitrogens with one attached hydrogen (secondary N) is 1. The smallest absolute Gasteiger partial charge is 0.258 e. The van der Waals surface area contributed by atoms with E-state index in [1.165, 1.54) is 5.69 Å². The van der Waals surface area contributed by atoms with Crippen LogP contribution in [-0.2, 0) is 4.74 Å². The van der Waals surface area contributed by atoms with Gasteiger partial charge in [-0.1, -0.05) is 0 Å². The summed E-state index contributed by atoms with van der Waals surface area (Å²) < 4.78 is 11.3. The maximum atomic E-state index is 12.4. The molecule has 5 rings (SSSR count). The lowest BCUT2D eigenvalue weighted by Crippen LogP contribution is -2.44. The van der Waals surface area contributed by atoms with Gasteiger partial charge in [0.2, 0.25) is 5.88 Å². The minimum atomic E-state index is -0.351. The Bertz CT molecular complexity index is 1260. The number of piperazine rings is 1. The molecule has 9 nitrogen and oxygen atoms in total. The second kappa shape index (κ2) is 11.1. The monoisotopic (exact) mass is 491 g/mol. The molecule has 36 heavy (non-hydrogen) atoms. The van der Waals surface area contributed by atoms with Gasteiger partial charge in [-0.15, -0.1) is 0 Å². The molecule has 9 heteroatoms. The number of aliphatic imine (C=N–C) groups is 1. The van der Waals surface area contributed by atoms with Crippen LogP contribution in [0.15, 0.2) is 52.3 Å². The number of fused-ring (bicyclic) bond motifs is 1. The summed E-state index contributed by atoms with van der Waals surface area (Å²) in [6.07, 6.45) is 1.59. The predicted octanol–water partition coefficient (Wildman–Crippen LogP) is 2.45. The molecular weight excluding hydrogens is 458 g/mol. The van der Waals surface area contributed by atoms with Crippen molar-refractivity contribution in [2.75, 3.05) is 77.6 Å². The van der Waals surface area contributed by atoms with E-state index in [0.29, 0.717) is 28.7 Å². The Hall–Kier alpha value is -3.40. The Morgan fingerprint density at radius 1 is 1.03 bits per heavy atom. The number of hydrogen-bond acceptors (Lipinski definition) is 8. The Balaban J connectivity index is 1.32. The maximum absolute atomic E-state index is 12.4. The molecule has 2 N–H and O–H groups in total. The van der Waals surface area contributed by atoms with Crippen molar-refractivity contribution in [3.05, 3.63) is 58.4 Å². The van der Waals surface area contributed by atoms with E-state index in [0.717, 1.165) is 64.7 Å². The average Bonchev–Trinajstić information content (AvgIpc) is 2.90. The first-order valence-electron chi connectivity index (χ1n) is 12.5. The van der Waals surface area contributed by atoms with E-state index in [4.69, 9.17) is 9.47 Å². The summed E-state index contributed by atoms with van der Waals surface area (Å²) in [5.74, 6) is 0.433. The van der Waals surface area contributed by atoms with Crippen LogP contribution in [0, 0.1) is 0 Å². The Morgan fingerprint density at radius 3 is 2.53 bits per heavy atom. The fourth-order valence-corrected chi connectivity index (χ4v) is 4.61. The van der Waals surface area contributed by atoms with Crippen LogP contribution in [0.25, 0.3) is 10.8 Å². The molecule has 1 aromatic heterocycles. The normalized spacial score (nSPS) is 17.8. The van der Waals surface area contributed by atoms with E-state index in [1.807, 2.05) is 12.1 Å². The van der Waals surface area contributed by atoms with Crippen LogP contribution in [0.1, 0.15) is 5.56 Å². The SMILES string of the molecule is CN1CCN(c2ccc(N=Cc3c(O)[nH]c(=O)c4ccc(OCCN5CCOCC5)cc34)cc2)CC1. The van der Waals surface area contributed by atoms with E-state index in [1.54, 1.807) is 24.4 Å². The van der Waals surface area contributed by atoms with E-state index in [-0.39, 0.29) is 11.4 Å². The molecule has 0 bridgehead atoms. The largest absolute Gasteiger partial charge is 0.494 e. The third-order valence-corrected chi connectivity index (χ3v) is 6.85. The number of rotatable bonds is 7. The number of hydrogen-bond donors (Lipinski definition) is 2. The number of aromatic amines is 1. The minimum absolute atomic E-state index is 0.212. The maximum Gasteiger partial charge on any atom is 0.258 e. The van der Waals surface area contributed by atoms with E-state index >= 15 is 0 Å². The fraction of sp³-hybridized carbons (Fsp3) is 0.407. The molecule has 0 atom stereocenters. The topological polar surface area (TPSA) is 93.6 Å². The van der Waals surface area contributed by atoms with Crippen molar-refractivity contribution in [1.82, 2.24) is 14.8 Å². The number of anilines is 1. The molecule has 0 aliphatic carbocycles. The van der Waals surface area contributed by atoms with Gasteiger partial charge in [-0.25, -0.2) is 0 Å². The molecule has 2 aliphatic heterocycles. The standard InChI is InChI=1S/C27H33N5O4/c1-30-8-10-32(11-9-30)21-4-2-20(3-5-21)28-19-25-24-18-22(6-7-23(24)26(33)29-27(25)34)36-17-14-31-12-15-35-16-13-31/h2-7,18-19H,8-17H2,1H3,(H2,29,33,34). The molecule has 190 valence electrons. The van der Waals surface area contributed by atoms with Crippen LogP contribution in [0.5, 0.6) is 11.6 Å². The summed E-state index contributed by atoms with van der Waals surface area (Å²) in [5.41, 5.74) is 2.05. The molecule has 0 spiro atoms. The van der Waals surface area contributed by atoms with Gasteiger partial charge in [0.25, 0.3) is 5.56 Å². The molecule has 0 saturated carbocycles. The van der Waals surface area contributed by atoms with Crippen molar-refractivity contribution >= 4 is 28.4 Å². The fourth-order valence-electron chi connectivity index (χ4n) is 4.61. The van der Waals surface area contributed by atoms with Gasteiger partial charge >= 0.3 is 0 Å². The number of aromatic hydroxyl groups is 1. The van der Waals surface area contributed by atoms with Gasteiger partial charge in [-0.05, 0) is 49.5 Å². The Labute approximate surface area is 210 Å². The van der Waals surface area contributed by atoms with Crippen molar-refractivity contribution in [2.24, 2.45) is 4.99 Å². The summed E-state index contributed by atoms with van der Waals surface area (Å²) >= 11 is 0. The predicted molar refractivity (Wildman–Crippen MR) is 142 cm³/mol. The van der Waals surface area contributed by atoms with Gasteiger partial charge in [0.1, 0.15) is 12.4 Å². The van der Waals surface area contributed by atoms with Crippen molar-refractivity contribution in [2.45, 2.75) is 0 Å². The lowest BCUT2D eigenvalue weighted by Gasteiger charge is -2.34. The minimum Gasteiger partial charge on any atom is -0.494 e. The van der Waals surface area contributed by atoms with E-state index in [9.17, 15) is 9.90 Å². The number of aromatic nitrogens is 1. The van der Waals surface area contributed by atoms with Crippen molar-refractivity contribution < 1.29 is 14.6 Å². The van der Waals surface area contributed by atoms with Crippen molar-refractivity contribution in [1.29, 1.82) is 0 Å². The lowest BCUT2D eigenvalue weighted by molar-refractivity contribution is 0.0322. The zero-order valence-corrected chi connectivity index (χ0v) is 20.7. The second-order valence-corrected chi connectivity index (χ2v) is 9.29. The van der Waals surface area contributed by atoms with Crippen molar-refractivity contribution in [3.8, 4) is 11.6 Å². The number of benzene rings is 2. The van der Waals surface area contributed by atoms with Gasteiger partial charge in [-0.3, -0.25) is 19.7 Å². The third kappa shape index (κ3) is 5.70. The lowest BCUT2D eigenvalue weighted by atomic mass is 10.1. The summed E-state index contributed by atoms with van der Waals surface area (Å²) in [6.45, 7) is 8.76. The summed E-state index contributed by atoms with van der Waals surface area (Å²) in [7, 11) is 2.14. The molecule has 0 unspecified atom stereocenters. The number of H-pyrrole nitrogens is 1. The number of nitrogens with zero attached hydrogens (tertiary/aromatic N) is 4. The Kier molecular flexibility index (Phi) is 7.50. The van der Waals surface area contributed by atoms with E-state index < -0.39 is 0 Å². The van der Waals surface area contributed by atoms with Crippen LogP contribution in [0.4, 0.5) is 11.4 Å². The molecule has 2 aromatic carbocycles. The van der Waals surface area contributed by atoms with Gasteiger partial charge in [0.15, 0.2) is 0 Å². The average molecular weight is 492 g/mol. The van der Waals surface area contributed by atoms with Crippen LogP contribution in [0.3, 0.4) is 0 Å². The molecule has 2 saturated heterocycles. The van der Waals surface area contributed by atoms with E-state index in [2.05, 4.69) is 43.9 Å². The molecule has 0 amide bonds. The molecule has 2 fully saturated rings. The van der Waals surface area contributed by atoms with Gasteiger partial charge in [0.05, 0.1) is 24.5 Å². The van der Waals surface area contributed by atoms with Gasteiger partial charge < -0.3 is 24.4 Å². The molecule has 0 radical (unpaired) electrons. The Morgan fingerprint density at radius 2 is 1.78 bits per heavy atom. The highest BCUT2D eigenvalue weighted by Gasteiger charge is 2.15. The highest BCUT2D eigenvalue weighted by molar-refractivity contribution is 6.02. The zero-order chi connectivity index (χ0) is 24.9. The molecule has 3 heterocycles. The number of ether oxygens (including phenoxy) is 2. The number of pyridine rings is 1. The highest BCUT2D eigenvalue weighted by Crippen LogP contribution is 2.27. The summed E-state index contributed by atoms with van der Waals surface area (Å²) in [6, 6.07) is 13.4. The first-order chi connectivity index (χ1) is 17.6. The molecular formula is C27H33N5O4. The first kappa shape index (κ1) is 24.3. The first-order valence-corrected chi connectivity index (χ1v) is 12.5. The van der Waals surface area contributed by atoms with Gasteiger partial charge in [-0.2, -0.15) is 0 Å². The summed E-state index contributed by atoms with van der Waals surface area (Å²) in [5, 5.41) is 11.6. The number of likely N-dealkylation sites (N-methyl/N-ethyl adjacent to an activating group) is 1. The van der Waals surface area contributed by atoms with Crippen LogP contribution >= 0.6 is 0 Å². The molecule has 3 aromatic rings. The van der Waals surface area contributed by atoms with Crippen LogP contribution in [-0.4, -0.2) is 98.8 Å². The van der Waals surface area contributed by atoms with Crippen LogP contribution < -0.4 is 15.2 Å². The summed E-state index contributed by atoms with van der Waals surface area (Å²) in [4.78, 5) is 26.5. The highest BCUT2D eigenvalue weighted by atomic mass is 16.5. The van der Waals surface area contributed by atoms with Crippen molar-refractivity contribution in [3.63, 3.8) is 0 Å². The molecule has 2 aliphatic rings. The number of morpholine rings is 1. The quantitative estimate of drug-likeness (QED) is 0.491. The second-order valence-electron chi connectivity index (χ2n) is 9.29. The zero-order valence-electron chi connectivity index (χ0n) is 20.7.